The number of alkyl carbamates (subject to hydrolysis) is 1. The van der Waals surface area contributed by atoms with Gasteiger partial charge < -0.3 is 15.0 Å². The third-order valence-electron chi connectivity index (χ3n) is 3.57. The molecule has 6 nitrogen and oxygen atoms in total. The van der Waals surface area contributed by atoms with Crippen molar-refractivity contribution in [3.8, 4) is 0 Å². The molecular formula is C19H23N3O3. The number of carbonyl (C=O) groups excluding carboxylic acids is 2. The summed E-state index contributed by atoms with van der Waals surface area (Å²) in [5.74, 6) is -0.186. The summed E-state index contributed by atoms with van der Waals surface area (Å²) in [4.78, 5) is 30.0. The van der Waals surface area contributed by atoms with Crippen molar-refractivity contribution in [3.05, 3.63) is 60.4 Å². The van der Waals surface area contributed by atoms with Gasteiger partial charge in [-0.05, 0) is 30.7 Å². The zero-order valence-corrected chi connectivity index (χ0v) is 14.4. The van der Waals surface area contributed by atoms with Crippen LogP contribution in [0.2, 0.25) is 0 Å². The molecule has 6 heteroatoms. The van der Waals surface area contributed by atoms with Gasteiger partial charge in [0.1, 0.15) is 6.61 Å². The van der Waals surface area contributed by atoms with Crippen molar-refractivity contribution in [2.45, 2.75) is 19.8 Å². The first kappa shape index (κ1) is 18.4. The molecular weight excluding hydrogens is 318 g/mol. The average Bonchev–Trinajstić information content (AvgIpc) is 2.66. The number of carbonyl (C=O) groups is 2. The van der Waals surface area contributed by atoms with E-state index in [-0.39, 0.29) is 19.1 Å². The molecule has 132 valence electrons. The van der Waals surface area contributed by atoms with Crippen LogP contribution in [0.4, 0.5) is 10.5 Å². The molecule has 1 aromatic heterocycles. The third kappa shape index (κ3) is 5.91. The maximum Gasteiger partial charge on any atom is 0.407 e. The van der Waals surface area contributed by atoms with Crippen molar-refractivity contribution in [1.82, 2.24) is 10.3 Å². The minimum atomic E-state index is -0.463. The van der Waals surface area contributed by atoms with Crippen LogP contribution in [0.3, 0.4) is 0 Å². The van der Waals surface area contributed by atoms with Crippen molar-refractivity contribution in [2.24, 2.45) is 0 Å². The van der Waals surface area contributed by atoms with E-state index in [0.29, 0.717) is 12.1 Å². The minimum absolute atomic E-state index is 0.110. The van der Waals surface area contributed by atoms with Gasteiger partial charge in [-0.2, -0.15) is 0 Å². The molecule has 0 atom stereocenters. The molecule has 0 aliphatic heterocycles. The highest BCUT2D eigenvalue weighted by Gasteiger charge is 2.18. The molecule has 0 saturated heterocycles. The minimum Gasteiger partial charge on any atom is -0.448 e. The van der Waals surface area contributed by atoms with Crippen LogP contribution in [0.15, 0.2) is 54.9 Å². The predicted octanol–water partition coefficient (Wildman–Crippen LogP) is 3.25. The lowest BCUT2D eigenvalue weighted by Crippen LogP contribution is -2.36. The Morgan fingerprint density at radius 2 is 1.96 bits per heavy atom. The summed E-state index contributed by atoms with van der Waals surface area (Å²) in [6, 6.07) is 12.7. The Kier molecular flexibility index (Phi) is 7.43. The van der Waals surface area contributed by atoms with Gasteiger partial charge in [0.25, 0.3) is 5.91 Å². The normalized spacial score (nSPS) is 10.1. The fourth-order valence-electron chi connectivity index (χ4n) is 2.25. The van der Waals surface area contributed by atoms with Crippen molar-refractivity contribution in [2.75, 3.05) is 24.6 Å². The molecule has 0 spiro atoms. The second-order valence-corrected chi connectivity index (χ2v) is 5.45. The molecule has 0 aliphatic rings. The number of benzene rings is 1. The second-order valence-electron chi connectivity index (χ2n) is 5.45. The van der Waals surface area contributed by atoms with Gasteiger partial charge in [-0.3, -0.25) is 9.78 Å². The first-order chi connectivity index (χ1) is 12.2. The monoisotopic (exact) mass is 341 g/mol. The van der Waals surface area contributed by atoms with Crippen LogP contribution in [-0.2, 0) is 4.74 Å². The number of pyridine rings is 1. The average molecular weight is 341 g/mol. The first-order valence-electron chi connectivity index (χ1n) is 8.40. The fourth-order valence-corrected chi connectivity index (χ4v) is 2.25. The third-order valence-corrected chi connectivity index (χ3v) is 3.57. The number of rotatable bonds is 8. The number of hydrogen-bond acceptors (Lipinski definition) is 4. The maximum absolute atomic E-state index is 12.8. The maximum atomic E-state index is 12.8. The number of unbranched alkanes of at least 4 members (excludes halogenated alkanes) is 1. The Labute approximate surface area is 147 Å². The molecule has 0 fully saturated rings. The number of para-hydroxylation sites is 1. The van der Waals surface area contributed by atoms with Crippen molar-refractivity contribution >= 4 is 17.7 Å². The molecule has 2 rings (SSSR count). The smallest absolute Gasteiger partial charge is 0.407 e. The molecule has 0 aliphatic carbocycles. The highest BCUT2D eigenvalue weighted by atomic mass is 16.5. The van der Waals surface area contributed by atoms with Gasteiger partial charge in [-0.15, -0.1) is 0 Å². The fraction of sp³-hybridized carbons (Fsp3) is 0.316. The standard InChI is InChI=1S/C19H23N3O3/c1-2-3-12-21-19(24)25-14-13-22(17-9-5-4-6-10-17)18(23)16-8-7-11-20-15-16/h4-11,15H,2-3,12-14H2,1H3,(H,21,24). The summed E-state index contributed by atoms with van der Waals surface area (Å²) >= 11 is 0. The van der Waals surface area contributed by atoms with E-state index < -0.39 is 6.09 Å². The zero-order chi connectivity index (χ0) is 17.9. The first-order valence-corrected chi connectivity index (χ1v) is 8.40. The van der Waals surface area contributed by atoms with Gasteiger partial charge in [-0.25, -0.2) is 4.79 Å². The summed E-state index contributed by atoms with van der Waals surface area (Å²) in [6.45, 7) is 3.01. The Bertz CT molecular complexity index is 662. The summed E-state index contributed by atoms with van der Waals surface area (Å²) in [6.07, 6.45) is 4.59. The van der Waals surface area contributed by atoms with Gasteiger partial charge in [0.15, 0.2) is 0 Å². The Morgan fingerprint density at radius 3 is 2.64 bits per heavy atom. The Morgan fingerprint density at radius 1 is 1.16 bits per heavy atom. The SMILES string of the molecule is CCCCNC(=O)OCCN(C(=O)c1cccnc1)c1ccccc1. The van der Waals surface area contributed by atoms with Gasteiger partial charge >= 0.3 is 6.09 Å². The second kappa shape index (κ2) is 10.1. The van der Waals surface area contributed by atoms with Crippen molar-refractivity contribution in [1.29, 1.82) is 0 Å². The molecule has 0 unspecified atom stereocenters. The van der Waals surface area contributed by atoms with Crippen LogP contribution in [0.1, 0.15) is 30.1 Å². The van der Waals surface area contributed by atoms with E-state index in [9.17, 15) is 9.59 Å². The van der Waals surface area contributed by atoms with Crippen LogP contribution in [0, 0.1) is 0 Å². The number of hydrogen-bond donors (Lipinski definition) is 1. The van der Waals surface area contributed by atoms with Crippen molar-refractivity contribution < 1.29 is 14.3 Å². The number of anilines is 1. The van der Waals surface area contributed by atoms with E-state index in [1.807, 2.05) is 30.3 Å². The number of nitrogens with one attached hydrogen (secondary N) is 1. The Balaban J connectivity index is 1.99. The zero-order valence-electron chi connectivity index (χ0n) is 14.4. The lowest BCUT2D eigenvalue weighted by Gasteiger charge is -2.22. The number of amides is 2. The highest BCUT2D eigenvalue weighted by molar-refractivity contribution is 6.05. The molecule has 1 N–H and O–H groups in total. The molecule has 0 saturated carbocycles. The quantitative estimate of drug-likeness (QED) is 0.748. The van der Waals surface area contributed by atoms with Crippen LogP contribution in [-0.4, -0.2) is 36.7 Å². The molecule has 1 aromatic carbocycles. The number of ether oxygens (including phenoxy) is 1. The number of nitrogens with zero attached hydrogens (tertiary/aromatic N) is 2. The summed E-state index contributed by atoms with van der Waals surface area (Å²) in [7, 11) is 0. The highest BCUT2D eigenvalue weighted by Crippen LogP contribution is 2.16. The topological polar surface area (TPSA) is 71.5 Å². The number of aromatic nitrogens is 1. The van der Waals surface area contributed by atoms with E-state index in [2.05, 4.69) is 17.2 Å². The van der Waals surface area contributed by atoms with E-state index in [4.69, 9.17) is 4.74 Å². The van der Waals surface area contributed by atoms with Gasteiger partial charge in [0.05, 0.1) is 12.1 Å². The van der Waals surface area contributed by atoms with Crippen molar-refractivity contribution in [3.63, 3.8) is 0 Å². The molecule has 2 aromatic rings. The van der Waals surface area contributed by atoms with Crippen LogP contribution in [0.25, 0.3) is 0 Å². The largest absolute Gasteiger partial charge is 0.448 e. The van der Waals surface area contributed by atoms with Crippen LogP contribution in [0.5, 0.6) is 0 Å². The van der Waals surface area contributed by atoms with Crippen LogP contribution < -0.4 is 10.2 Å². The lowest BCUT2D eigenvalue weighted by atomic mass is 10.2. The summed E-state index contributed by atoms with van der Waals surface area (Å²) in [5, 5.41) is 2.68. The van der Waals surface area contributed by atoms with E-state index in [0.717, 1.165) is 18.5 Å². The van der Waals surface area contributed by atoms with E-state index >= 15 is 0 Å². The van der Waals surface area contributed by atoms with E-state index in [1.54, 1.807) is 23.2 Å². The van der Waals surface area contributed by atoms with Gasteiger partial charge in [0, 0.05) is 24.6 Å². The molecule has 0 bridgehead atoms. The Hall–Kier alpha value is -2.89. The molecule has 1 heterocycles. The molecule has 2 amide bonds. The molecule has 25 heavy (non-hydrogen) atoms. The van der Waals surface area contributed by atoms with E-state index in [1.165, 1.54) is 6.20 Å². The molecule has 0 radical (unpaired) electrons. The predicted molar refractivity (Wildman–Crippen MR) is 96.6 cm³/mol. The van der Waals surface area contributed by atoms with Gasteiger partial charge in [0.2, 0.25) is 0 Å². The van der Waals surface area contributed by atoms with Crippen LogP contribution >= 0.6 is 0 Å². The lowest BCUT2D eigenvalue weighted by molar-refractivity contribution is 0.0973. The van der Waals surface area contributed by atoms with Gasteiger partial charge in [-0.1, -0.05) is 31.5 Å². The summed E-state index contributed by atoms with van der Waals surface area (Å²) < 4.78 is 5.17. The summed E-state index contributed by atoms with van der Waals surface area (Å²) in [5.41, 5.74) is 1.23.